The second kappa shape index (κ2) is 8.67. The zero-order chi connectivity index (χ0) is 8.53. The monoisotopic (exact) mass is 233 g/mol. The smallest absolute Gasteiger partial charge is 0.449 e. The van der Waals surface area contributed by atoms with Gasteiger partial charge in [-0.3, -0.25) is 4.86 Å². The molecule has 0 heterocycles. The lowest BCUT2D eigenvalue weighted by Gasteiger charge is -1.95. The van der Waals surface area contributed by atoms with E-state index >= 15 is 0 Å². The van der Waals surface area contributed by atoms with Crippen LogP contribution in [0.15, 0.2) is 4.52 Å². The maximum atomic E-state index is 9.77. The van der Waals surface area contributed by atoms with E-state index in [9.17, 15) is 4.79 Å². The molecule has 64 valence electrons. The molecule has 6 nitrogen and oxygen atoms in total. The highest BCUT2D eigenvalue weighted by molar-refractivity contribution is 7.55. The quantitative estimate of drug-likeness (QED) is 0.497. The number of nitrogens with zero attached hydrogens (tertiary/aromatic N) is 1. The summed E-state index contributed by atoms with van der Waals surface area (Å²) in [5, 5.41) is 8.00. The summed E-state index contributed by atoms with van der Waals surface area (Å²) in [5.41, 5.74) is 0. The van der Waals surface area contributed by atoms with Crippen molar-refractivity contribution in [1.29, 1.82) is 0 Å². The third-order valence-corrected chi connectivity index (χ3v) is 2.89. The van der Waals surface area contributed by atoms with E-state index < -0.39 is 6.16 Å². The van der Waals surface area contributed by atoms with Crippen molar-refractivity contribution in [1.82, 2.24) is 9.72 Å². The summed E-state index contributed by atoms with van der Waals surface area (Å²) in [6.07, 6.45) is -1.31. The first-order chi connectivity index (χ1) is 5.27. The Balaban J connectivity index is 3.10. The van der Waals surface area contributed by atoms with Crippen molar-refractivity contribution < 1.29 is 14.4 Å². The summed E-state index contributed by atoms with van der Waals surface area (Å²) in [7, 11) is 2.98. The number of hydrogen-bond acceptors (Lipinski definition) is 5. The van der Waals surface area contributed by atoms with Crippen LogP contribution in [0.3, 0.4) is 0 Å². The molecule has 0 fully saturated rings. The van der Waals surface area contributed by atoms with Crippen molar-refractivity contribution >= 4 is 41.9 Å². The molecule has 0 amide bonds. The molecular weight excluding hydrogens is 226 g/mol. The normalized spacial score (nSPS) is 12.5. The van der Waals surface area contributed by atoms with Crippen molar-refractivity contribution in [2.24, 2.45) is 4.52 Å². The van der Waals surface area contributed by atoms with E-state index in [1.807, 2.05) is 0 Å². The van der Waals surface area contributed by atoms with Gasteiger partial charge in [-0.25, -0.2) is 9.65 Å². The van der Waals surface area contributed by atoms with Gasteiger partial charge in [-0.05, 0) is 0 Å². The topological polar surface area (TPSA) is 83.0 Å². The van der Waals surface area contributed by atoms with Gasteiger partial charge in [0.2, 0.25) is 0 Å². The van der Waals surface area contributed by atoms with Crippen LogP contribution in [0, 0.1) is 0 Å². The van der Waals surface area contributed by atoms with Gasteiger partial charge < -0.3 is 9.63 Å². The minimum absolute atomic E-state index is 0.113. The van der Waals surface area contributed by atoms with Crippen LogP contribution in [0.25, 0.3) is 0 Å². The van der Waals surface area contributed by atoms with Gasteiger partial charge in [0.15, 0.2) is 0 Å². The molecule has 0 aliphatic carbocycles. The molecule has 0 radical (unpaired) electrons. The van der Waals surface area contributed by atoms with Gasteiger partial charge in [0, 0.05) is 8.88 Å². The Morgan fingerprint density at radius 1 is 1.82 bits per heavy atom. The Morgan fingerprint density at radius 2 is 2.55 bits per heavy atom. The summed E-state index contributed by atoms with van der Waals surface area (Å²) in [6, 6.07) is 0. The van der Waals surface area contributed by atoms with Gasteiger partial charge in [0.25, 0.3) is 8.60 Å². The summed E-state index contributed by atoms with van der Waals surface area (Å²) in [4.78, 5) is 15.4. The van der Waals surface area contributed by atoms with E-state index in [0.29, 0.717) is 8.88 Å². The third kappa shape index (κ3) is 10.6. The molecule has 0 saturated carbocycles. The first-order valence-electron chi connectivity index (χ1n) is 2.28. The second-order valence-electron chi connectivity index (χ2n) is 1.04. The van der Waals surface area contributed by atoms with Gasteiger partial charge in [0.05, 0.1) is 8.88 Å². The zero-order valence-corrected chi connectivity index (χ0v) is 9.28. The van der Waals surface area contributed by atoms with Crippen molar-refractivity contribution in [2.45, 2.75) is 0 Å². The third-order valence-electron chi connectivity index (χ3n) is 0.400. The molecule has 0 aromatic rings. The average Bonchev–Trinajstić information content (AvgIpc) is 1.96. The fourth-order valence-corrected chi connectivity index (χ4v) is 2.37. The molecular formula is CH7N3O3P4. The van der Waals surface area contributed by atoms with Crippen LogP contribution < -0.4 is 9.72 Å². The SMILES string of the molecule is O=C(O)OP=NPNPNP. The number of carbonyl (C=O) groups is 1. The van der Waals surface area contributed by atoms with Gasteiger partial charge >= 0.3 is 6.16 Å². The largest absolute Gasteiger partial charge is 0.515 e. The van der Waals surface area contributed by atoms with Gasteiger partial charge in [0.1, 0.15) is 0 Å². The van der Waals surface area contributed by atoms with Crippen LogP contribution >= 0.6 is 35.8 Å². The molecule has 0 aliphatic rings. The highest BCUT2D eigenvalue weighted by Crippen LogP contribution is 2.19. The van der Waals surface area contributed by atoms with Gasteiger partial charge in [-0.1, -0.05) is 9.39 Å². The van der Waals surface area contributed by atoms with E-state index in [0.717, 1.165) is 0 Å². The number of nitrogens with one attached hydrogen (secondary N) is 2. The standard InChI is InChI=1S/CH7N3O3P4/c5-1(6)7-11-4-10-3-9-2-8/h2-3,9-10H,8H2,(H,5,6). The molecule has 0 rings (SSSR count). The maximum Gasteiger partial charge on any atom is 0.515 e. The molecule has 0 aromatic carbocycles. The Hall–Kier alpha value is 0.580. The highest BCUT2D eigenvalue weighted by atomic mass is 31.2. The van der Waals surface area contributed by atoms with Crippen molar-refractivity contribution in [3.8, 4) is 0 Å². The summed E-state index contributed by atoms with van der Waals surface area (Å²) < 4.78 is 7.78. The predicted molar refractivity (Wildman–Crippen MR) is 51.1 cm³/mol. The molecule has 0 bridgehead atoms. The second-order valence-corrected chi connectivity index (χ2v) is 4.82. The van der Waals surface area contributed by atoms with Crippen molar-refractivity contribution in [3.63, 3.8) is 0 Å². The predicted octanol–water partition coefficient (Wildman–Crippen LogP) is 1.71. The minimum Gasteiger partial charge on any atom is -0.449 e. The van der Waals surface area contributed by atoms with Crippen LogP contribution in [0.2, 0.25) is 0 Å². The van der Waals surface area contributed by atoms with Crippen LogP contribution in [-0.4, -0.2) is 11.3 Å². The van der Waals surface area contributed by atoms with Crippen LogP contribution in [0.5, 0.6) is 0 Å². The Morgan fingerprint density at radius 3 is 3.09 bits per heavy atom. The lowest BCUT2D eigenvalue weighted by molar-refractivity contribution is 0.152. The molecule has 11 heavy (non-hydrogen) atoms. The minimum atomic E-state index is -1.31. The first-order valence-corrected chi connectivity index (χ1v) is 5.57. The number of hydrogen-bond donors (Lipinski definition) is 3. The van der Waals surface area contributed by atoms with Crippen LogP contribution in [0.4, 0.5) is 4.79 Å². The molecule has 0 aromatic heterocycles. The van der Waals surface area contributed by atoms with Gasteiger partial charge in [-0.2, -0.15) is 4.52 Å². The first kappa shape index (κ1) is 11.6. The highest BCUT2D eigenvalue weighted by Gasteiger charge is 1.89. The lowest BCUT2D eigenvalue weighted by Crippen LogP contribution is -1.88. The summed E-state index contributed by atoms with van der Waals surface area (Å²) >= 11 is 0. The van der Waals surface area contributed by atoms with E-state index in [-0.39, 0.29) is 17.5 Å². The number of rotatable bonds is 5. The van der Waals surface area contributed by atoms with Crippen molar-refractivity contribution in [3.05, 3.63) is 0 Å². The van der Waals surface area contributed by atoms with Gasteiger partial charge in [-0.15, -0.1) is 0 Å². The zero-order valence-electron chi connectivity index (χ0n) is 5.24. The van der Waals surface area contributed by atoms with E-state index in [2.05, 4.69) is 28.1 Å². The number of carboxylic acid groups (broad SMARTS) is 1. The Bertz CT molecular complexity index is 141. The fraction of sp³-hybridized carbons (Fsp3) is 0. The molecule has 10 heteroatoms. The summed E-state index contributed by atoms with van der Waals surface area (Å²) in [6.45, 7) is 0. The molecule has 0 aliphatic heterocycles. The Kier molecular flexibility index (Phi) is 9.13. The van der Waals surface area contributed by atoms with Crippen LogP contribution in [0.1, 0.15) is 0 Å². The molecule has 3 unspecified atom stereocenters. The summed E-state index contributed by atoms with van der Waals surface area (Å²) in [5.74, 6) is 0. The van der Waals surface area contributed by atoms with E-state index in [4.69, 9.17) is 5.11 Å². The Labute approximate surface area is 71.3 Å². The fourth-order valence-electron chi connectivity index (χ4n) is 0.165. The lowest BCUT2D eigenvalue weighted by atomic mass is 11.5. The maximum absolute atomic E-state index is 9.77. The van der Waals surface area contributed by atoms with Crippen LogP contribution in [-0.2, 0) is 4.52 Å². The molecule has 0 saturated heterocycles. The molecule has 0 spiro atoms. The van der Waals surface area contributed by atoms with E-state index in [1.165, 1.54) is 0 Å². The average molecular weight is 233 g/mol. The van der Waals surface area contributed by atoms with Crippen molar-refractivity contribution in [2.75, 3.05) is 0 Å². The van der Waals surface area contributed by atoms with E-state index in [1.54, 1.807) is 0 Å². The molecule has 3 atom stereocenters. The molecule has 3 N–H and O–H groups in total.